The van der Waals surface area contributed by atoms with Gasteiger partial charge in [-0.3, -0.25) is 0 Å². The van der Waals surface area contributed by atoms with Crippen LogP contribution in [0.15, 0.2) is 18.2 Å². The van der Waals surface area contributed by atoms with Crippen LogP contribution in [0.3, 0.4) is 0 Å². The minimum Gasteiger partial charge on any atom is -0.489 e. The Bertz CT molecular complexity index is 392. The lowest BCUT2D eigenvalue weighted by atomic mass is 10.1. The summed E-state index contributed by atoms with van der Waals surface area (Å²) in [6.07, 6.45) is 0.509. The Kier molecular flexibility index (Phi) is 3.57. The van der Waals surface area contributed by atoms with E-state index < -0.39 is 0 Å². The molecule has 1 aromatic rings. The van der Waals surface area contributed by atoms with Gasteiger partial charge in [-0.1, -0.05) is 13.0 Å². The highest BCUT2D eigenvalue weighted by molar-refractivity contribution is 5.62. The van der Waals surface area contributed by atoms with Crippen molar-refractivity contribution in [1.82, 2.24) is 0 Å². The van der Waals surface area contributed by atoms with E-state index in [1.54, 1.807) is 0 Å². The van der Waals surface area contributed by atoms with Crippen molar-refractivity contribution in [2.24, 2.45) is 0 Å². The molecule has 0 amide bonds. The number of hydrogen-bond donors (Lipinski definition) is 1. The number of aliphatic hydroxyl groups is 1. The molecule has 2 rings (SSSR count). The standard InChI is InChI=1S/C14H21NO2/c1-4-12(16)8-15-11(3)9-17-14-6-5-10(2)7-13(14)15/h5-7,11-12,16H,4,8-9H2,1-3H3. The van der Waals surface area contributed by atoms with Gasteiger partial charge in [0.15, 0.2) is 0 Å². The van der Waals surface area contributed by atoms with Crippen molar-refractivity contribution in [2.75, 3.05) is 18.1 Å². The van der Waals surface area contributed by atoms with Crippen molar-refractivity contribution in [3.63, 3.8) is 0 Å². The summed E-state index contributed by atoms with van der Waals surface area (Å²) in [6, 6.07) is 6.52. The summed E-state index contributed by atoms with van der Waals surface area (Å²) in [6.45, 7) is 7.58. The highest BCUT2D eigenvalue weighted by atomic mass is 16.5. The predicted octanol–water partition coefficient (Wildman–Crippen LogP) is 2.35. The van der Waals surface area contributed by atoms with Crippen molar-refractivity contribution in [1.29, 1.82) is 0 Å². The summed E-state index contributed by atoms with van der Waals surface area (Å²) in [5.74, 6) is 0.928. The number of hydrogen-bond acceptors (Lipinski definition) is 3. The zero-order valence-corrected chi connectivity index (χ0v) is 10.8. The molecule has 1 N–H and O–H groups in total. The molecule has 0 aliphatic carbocycles. The largest absolute Gasteiger partial charge is 0.489 e. The second-order valence-electron chi connectivity index (χ2n) is 4.85. The summed E-state index contributed by atoms with van der Waals surface area (Å²) in [4.78, 5) is 2.25. The van der Waals surface area contributed by atoms with Gasteiger partial charge in [0.05, 0.1) is 17.8 Å². The van der Waals surface area contributed by atoms with Crippen molar-refractivity contribution in [2.45, 2.75) is 39.3 Å². The second kappa shape index (κ2) is 4.96. The third-order valence-electron chi connectivity index (χ3n) is 3.31. The van der Waals surface area contributed by atoms with E-state index in [1.165, 1.54) is 5.56 Å². The lowest BCUT2D eigenvalue weighted by Crippen LogP contribution is -2.44. The van der Waals surface area contributed by atoms with E-state index in [0.717, 1.165) is 17.9 Å². The first-order chi connectivity index (χ1) is 8.11. The van der Waals surface area contributed by atoms with Gasteiger partial charge in [-0.05, 0) is 38.0 Å². The Labute approximate surface area is 103 Å². The van der Waals surface area contributed by atoms with Gasteiger partial charge in [0.2, 0.25) is 0 Å². The van der Waals surface area contributed by atoms with E-state index >= 15 is 0 Å². The first kappa shape index (κ1) is 12.2. The average molecular weight is 235 g/mol. The van der Waals surface area contributed by atoms with Gasteiger partial charge in [0.1, 0.15) is 12.4 Å². The number of fused-ring (bicyclic) bond motifs is 1. The molecule has 1 aliphatic heterocycles. The number of aliphatic hydroxyl groups excluding tert-OH is 1. The first-order valence-corrected chi connectivity index (χ1v) is 6.30. The van der Waals surface area contributed by atoms with Crippen LogP contribution in [0.5, 0.6) is 5.75 Å². The summed E-state index contributed by atoms with van der Waals surface area (Å²) in [5.41, 5.74) is 2.33. The minimum absolute atomic E-state index is 0.274. The van der Waals surface area contributed by atoms with Gasteiger partial charge in [-0.15, -0.1) is 0 Å². The molecule has 0 saturated heterocycles. The summed E-state index contributed by atoms with van der Waals surface area (Å²) >= 11 is 0. The molecule has 94 valence electrons. The fourth-order valence-electron chi connectivity index (χ4n) is 2.15. The van der Waals surface area contributed by atoms with E-state index in [0.29, 0.717) is 19.2 Å². The van der Waals surface area contributed by atoms with E-state index in [9.17, 15) is 5.11 Å². The number of benzene rings is 1. The second-order valence-corrected chi connectivity index (χ2v) is 4.85. The van der Waals surface area contributed by atoms with Crippen LogP contribution in [0.2, 0.25) is 0 Å². The van der Waals surface area contributed by atoms with Gasteiger partial charge in [0, 0.05) is 6.54 Å². The first-order valence-electron chi connectivity index (χ1n) is 6.30. The number of β-amino-alcohol motifs (C(OH)–C–C–N with tert-alkyl or cyclic N) is 1. The summed E-state index contributed by atoms with van der Waals surface area (Å²) in [5, 5.41) is 9.84. The molecule has 0 aromatic heterocycles. The van der Waals surface area contributed by atoms with Crippen LogP contribution in [0.4, 0.5) is 5.69 Å². The third-order valence-corrected chi connectivity index (χ3v) is 3.31. The number of aryl methyl sites for hydroxylation is 1. The Hall–Kier alpha value is -1.22. The van der Waals surface area contributed by atoms with Crippen LogP contribution in [0.1, 0.15) is 25.8 Å². The Morgan fingerprint density at radius 2 is 2.29 bits per heavy atom. The van der Waals surface area contributed by atoms with E-state index in [-0.39, 0.29) is 6.10 Å². The highest BCUT2D eigenvalue weighted by Crippen LogP contribution is 2.34. The fraction of sp³-hybridized carbons (Fsp3) is 0.571. The normalized spacial score (nSPS) is 20.7. The van der Waals surface area contributed by atoms with Crippen molar-refractivity contribution >= 4 is 5.69 Å². The van der Waals surface area contributed by atoms with Gasteiger partial charge < -0.3 is 14.7 Å². The maximum atomic E-state index is 9.84. The highest BCUT2D eigenvalue weighted by Gasteiger charge is 2.25. The molecular formula is C14H21NO2. The quantitative estimate of drug-likeness (QED) is 0.873. The van der Waals surface area contributed by atoms with Gasteiger partial charge in [0.25, 0.3) is 0 Å². The van der Waals surface area contributed by atoms with Crippen LogP contribution in [0.25, 0.3) is 0 Å². The number of anilines is 1. The maximum absolute atomic E-state index is 9.84. The molecule has 1 heterocycles. The molecule has 2 atom stereocenters. The van der Waals surface area contributed by atoms with Gasteiger partial charge >= 0.3 is 0 Å². The Morgan fingerprint density at radius 3 is 3.00 bits per heavy atom. The zero-order valence-electron chi connectivity index (χ0n) is 10.8. The lowest BCUT2D eigenvalue weighted by Gasteiger charge is -2.38. The molecule has 0 bridgehead atoms. The number of rotatable bonds is 3. The molecule has 0 fully saturated rings. The topological polar surface area (TPSA) is 32.7 Å². The molecule has 0 saturated carbocycles. The molecule has 1 aliphatic rings. The molecule has 3 nitrogen and oxygen atoms in total. The summed E-state index contributed by atoms with van der Waals surface area (Å²) < 4.78 is 5.71. The zero-order chi connectivity index (χ0) is 12.4. The molecule has 3 heteroatoms. The van der Waals surface area contributed by atoms with Crippen LogP contribution in [-0.2, 0) is 0 Å². The number of ether oxygens (including phenoxy) is 1. The van der Waals surface area contributed by atoms with E-state index in [1.807, 2.05) is 13.0 Å². The van der Waals surface area contributed by atoms with Crippen molar-refractivity contribution < 1.29 is 9.84 Å². The van der Waals surface area contributed by atoms with Gasteiger partial charge in [-0.25, -0.2) is 0 Å². The SMILES string of the molecule is CCC(O)CN1c2cc(C)ccc2OCC1C. The van der Waals surface area contributed by atoms with Crippen LogP contribution in [0, 0.1) is 6.92 Å². The predicted molar refractivity (Wildman–Crippen MR) is 69.8 cm³/mol. The molecule has 0 spiro atoms. The number of nitrogens with zero attached hydrogens (tertiary/aromatic N) is 1. The van der Waals surface area contributed by atoms with E-state index in [2.05, 4.69) is 30.9 Å². The third kappa shape index (κ3) is 2.55. The van der Waals surface area contributed by atoms with Crippen molar-refractivity contribution in [3.8, 4) is 5.75 Å². The molecule has 2 unspecified atom stereocenters. The molecular weight excluding hydrogens is 214 g/mol. The van der Waals surface area contributed by atoms with Gasteiger partial charge in [-0.2, -0.15) is 0 Å². The van der Waals surface area contributed by atoms with Crippen LogP contribution < -0.4 is 9.64 Å². The lowest BCUT2D eigenvalue weighted by molar-refractivity contribution is 0.165. The molecule has 0 radical (unpaired) electrons. The van der Waals surface area contributed by atoms with Crippen LogP contribution >= 0.6 is 0 Å². The van der Waals surface area contributed by atoms with Crippen molar-refractivity contribution in [3.05, 3.63) is 23.8 Å². The maximum Gasteiger partial charge on any atom is 0.142 e. The Balaban J connectivity index is 2.28. The Morgan fingerprint density at radius 1 is 1.53 bits per heavy atom. The monoisotopic (exact) mass is 235 g/mol. The molecule has 1 aromatic carbocycles. The smallest absolute Gasteiger partial charge is 0.142 e. The van der Waals surface area contributed by atoms with E-state index in [4.69, 9.17) is 4.74 Å². The van der Waals surface area contributed by atoms with Crippen LogP contribution in [-0.4, -0.2) is 30.4 Å². The average Bonchev–Trinajstić information content (AvgIpc) is 2.32. The summed E-state index contributed by atoms with van der Waals surface area (Å²) in [7, 11) is 0. The fourth-order valence-corrected chi connectivity index (χ4v) is 2.15. The molecule has 17 heavy (non-hydrogen) atoms. The minimum atomic E-state index is -0.274.